The van der Waals surface area contributed by atoms with Crippen LogP contribution in [0.2, 0.25) is 0 Å². The van der Waals surface area contributed by atoms with Crippen LogP contribution in [0.15, 0.2) is 24.3 Å². The molecule has 3 nitrogen and oxygen atoms in total. The van der Waals surface area contributed by atoms with Crippen LogP contribution in [0.1, 0.15) is 17.2 Å². The van der Waals surface area contributed by atoms with E-state index in [0.717, 1.165) is 11.1 Å². The summed E-state index contributed by atoms with van der Waals surface area (Å²) in [7, 11) is 1.68. The number of nitrogens with two attached hydrogens (primary N) is 1. The minimum absolute atomic E-state index is 0.0856. The maximum atomic E-state index is 5.74. The van der Waals surface area contributed by atoms with Crippen LogP contribution >= 0.6 is 0 Å². The molecule has 1 atom stereocenters. The zero-order valence-electron chi connectivity index (χ0n) is 9.57. The average molecular weight is 218 g/mol. The molecule has 3 heteroatoms. The summed E-state index contributed by atoms with van der Waals surface area (Å²) in [5, 5.41) is 3.22. The molecule has 0 bridgehead atoms. The third kappa shape index (κ3) is 3.35. The van der Waals surface area contributed by atoms with Crippen LogP contribution < -0.4 is 11.1 Å². The fourth-order valence-electron chi connectivity index (χ4n) is 1.66. The molecule has 1 unspecified atom stereocenters. The van der Waals surface area contributed by atoms with Gasteiger partial charge in [0.1, 0.15) is 0 Å². The second-order valence-corrected chi connectivity index (χ2v) is 3.51. The normalized spacial score (nSPS) is 12.1. The molecule has 0 saturated carbocycles. The molecule has 0 fully saturated rings. The second-order valence-electron chi connectivity index (χ2n) is 3.51. The molecule has 16 heavy (non-hydrogen) atoms. The first-order chi connectivity index (χ1) is 7.83. The SMILES string of the molecule is C#CCNC(CN)c1ccccc1COC. The highest BCUT2D eigenvalue weighted by Crippen LogP contribution is 2.17. The van der Waals surface area contributed by atoms with Gasteiger partial charge in [-0.3, -0.25) is 5.32 Å². The van der Waals surface area contributed by atoms with E-state index < -0.39 is 0 Å². The van der Waals surface area contributed by atoms with Gasteiger partial charge in [-0.05, 0) is 11.1 Å². The Kier molecular flexibility index (Phi) is 5.58. The summed E-state index contributed by atoms with van der Waals surface area (Å²) in [5.74, 6) is 2.56. The standard InChI is InChI=1S/C13H18N2O/c1-3-8-15-13(9-14)12-7-5-4-6-11(12)10-16-2/h1,4-7,13,15H,8-10,14H2,2H3. The Morgan fingerprint density at radius 1 is 1.50 bits per heavy atom. The van der Waals surface area contributed by atoms with E-state index in [9.17, 15) is 0 Å². The molecule has 1 aromatic rings. The van der Waals surface area contributed by atoms with Crippen LogP contribution in [-0.4, -0.2) is 20.2 Å². The zero-order chi connectivity index (χ0) is 11.8. The van der Waals surface area contributed by atoms with Crippen LogP contribution in [0.5, 0.6) is 0 Å². The van der Waals surface area contributed by atoms with Gasteiger partial charge in [0, 0.05) is 19.7 Å². The van der Waals surface area contributed by atoms with Gasteiger partial charge in [-0.2, -0.15) is 0 Å². The minimum atomic E-state index is 0.0856. The number of terminal acetylenes is 1. The lowest BCUT2D eigenvalue weighted by molar-refractivity contribution is 0.183. The molecule has 0 aliphatic heterocycles. The summed E-state index contributed by atoms with van der Waals surface area (Å²) in [6, 6.07) is 8.16. The Morgan fingerprint density at radius 3 is 2.88 bits per heavy atom. The molecule has 0 spiro atoms. The Hall–Kier alpha value is -1.34. The molecule has 1 rings (SSSR count). The number of nitrogens with one attached hydrogen (secondary N) is 1. The Bertz CT molecular complexity index is 357. The summed E-state index contributed by atoms with van der Waals surface area (Å²) in [6.07, 6.45) is 5.23. The maximum absolute atomic E-state index is 5.74. The van der Waals surface area contributed by atoms with E-state index >= 15 is 0 Å². The molecule has 1 aromatic carbocycles. The molecule has 0 saturated heterocycles. The van der Waals surface area contributed by atoms with E-state index in [1.165, 1.54) is 0 Å². The average Bonchev–Trinajstić information content (AvgIpc) is 2.32. The first-order valence-electron chi connectivity index (χ1n) is 5.27. The first kappa shape index (κ1) is 12.7. The number of ether oxygens (including phenoxy) is 1. The molecule has 0 amide bonds. The predicted octanol–water partition coefficient (Wildman–Crippen LogP) is 1.06. The number of rotatable bonds is 6. The fraction of sp³-hybridized carbons (Fsp3) is 0.385. The lowest BCUT2D eigenvalue weighted by atomic mass is 10.0. The quantitative estimate of drug-likeness (QED) is 0.702. The molecule has 3 N–H and O–H groups in total. The van der Waals surface area contributed by atoms with Crippen molar-refractivity contribution in [2.45, 2.75) is 12.6 Å². The van der Waals surface area contributed by atoms with Crippen LogP contribution in [0, 0.1) is 12.3 Å². The van der Waals surface area contributed by atoms with Gasteiger partial charge in [0.15, 0.2) is 0 Å². The molecule has 0 aliphatic carbocycles. The van der Waals surface area contributed by atoms with Crippen molar-refractivity contribution in [1.29, 1.82) is 0 Å². The maximum Gasteiger partial charge on any atom is 0.0716 e. The Morgan fingerprint density at radius 2 is 2.25 bits per heavy atom. The molecule has 0 aromatic heterocycles. The zero-order valence-corrected chi connectivity index (χ0v) is 9.57. The van der Waals surface area contributed by atoms with Gasteiger partial charge in [-0.15, -0.1) is 6.42 Å². The second kappa shape index (κ2) is 7.02. The third-order valence-electron chi connectivity index (χ3n) is 2.42. The number of hydrogen-bond donors (Lipinski definition) is 2. The van der Waals surface area contributed by atoms with Crippen molar-refractivity contribution in [3.05, 3.63) is 35.4 Å². The van der Waals surface area contributed by atoms with Crippen LogP contribution in [0.4, 0.5) is 0 Å². The molecule has 0 radical (unpaired) electrons. The molecule has 86 valence electrons. The summed E-state index contributed by atoms with van der Waals surface area (Å²) in [4.78, 5) is 0. The van der Waals surface area contributed by atoms with Crippen molar-refractivity contribution < 1.29 is 4.74 Å². The van der Waals surface area contributed by atoms with Gasteiger partial charge in [0.05, 0.1) is 13.2 Å². The van der Waals surface area contributed by atoms with Crippen molar-refractivity contribution >= 4 is 0 Å². The smallest absolute Gasteiger partial charge is 0.0716 e. The third-order valence-corrected chi connectivity index (χ3v) is 2.42. The molecular formula is C13H18N2O. The lowest BCUT2D eigenvalue weighted by Gasteiger charge is -2.19. The monoisotopic (exact) mass is 218 g/mol. The van der Waals surface area contributed by atoms with Crippen LogP contribution in [-0.2, 0) is 11.3 Å². The van der Waals surface area contributed by atoms with Crippen molar-refractivity contribution in [1.82, 2.24) is 5.32 Å². The molecular weight excluding hydrogens is 200 g/mol. The van der Waals surface area contributed by atoms with Crippen molar-refractivity contribution in [3.8, 4) is 12.3 Å². The Labute approximate surface area is 97.0 Å². The summed E-state index contributed by atoms with van der Waals surface area (Å²) >= 11 is 0. The van der Waals surface area contributed by atoms with E-state index in [0.29, 0.717) is 19.7 Å². The number of hydrogen-bond acceptors (Lipinski definition) is 3. The largest absolute Gasteiger partial charge is 0.380 e. The topological polar surface area (TPSA) is 47.3 Å². The van der Waals surface area contributed by atoms with Crippen LogP contribution in [0.3, 0.4) is 0 Å². The van der Waals surface area contributed by atoms with E-state index in [4.69, 9.17) is 16.9 Å². The van der Waals surface area contributed by atoms with Gasteiger partial charge in [0.2, 0.25) is 0 Å². The first-order valence-corrected chi connectivity index (χ1v) is 5.27. The van der Waals surface area contributed by atoms with E-state index in [2.05, 4.69) is 17.3 Å². The molecule has 0 aliphatic rings. The van der Waals surface area contributed by atoms with Crippen molar-refractivity contribution in [2.75, 3.05) is 20.2 Å². The highest BCUT2D eigenvalue weighted by atomic mass is 16.5. The summed E-state index contributed by atoms with van der Waals surface area (Å²) < 4.78 is 5.16. The van der Waals surface area contributed by atoms with Gasteiger partial charge in [-0.1, -0.05) is 30.2 Å². The van der Waals surface area contributed by atoms with Gasteiger partial charge >= 0.3 is 0 Å². The highest BCUT2D eigenvalue weighted by Gasteiger charge is 2.11. The van der Waals surface area contributed by atoms with Gasteiger partial charge in [-0.25, -0.2) is 0 Å². The number of methoxy groups -OCH3 is 1. The fourth-order valence-corrected chi connectivity index (χ4v) is 1.66. The van der Waals surface area contributed by atoms with Gasteiger partial charge in [0.25, 0.3) is 0 Å². The lowest BCUT2D eigenvalue weighted by Crippen LogP contribution is -2.29. The minimum Gasteiger partial charge on any atom is -0.380 e. The van der Waals surface area contributed by atoms with Crippen LogP contribution in [0.25, 0.3) is 0 Å². The highest BCUT2D eigenvalue weighted by molar-refractivity contribution is 5.30. The van der Waals surface area contributed by atoms with E-state index in [1.807, 2.05) is 18.2 Å². The van der Waals surface area contributed by atoms with Gasteiger partial charge < -0.3 is 10.5 Å². The van der Waals surface area contributed by atoms with E-state index in [1.54, 1.807) is 7.11 Å². The summed E-state index contributed by atoms with van der Waals surface area (Å²) in [6.45, 7) is 1.62. The molecule has 0 heterocycles. The Balaban J connectivity index is 2.86. The van der Waals surface area contributed by atoms with E-state index in [-0.39, 0.29) is 6.04 Å². The summed E-state index contributed by atoms with van der Waals surface area (Å²) in [5.41, 5.74) is 8.04. The van der Waals surface area contributed by atoms with Crippen molar-refractivity contribution in [2.24, 2.45) is 5.73 Å². The predicted molar refractivity (Wildman–Crippen MR) is 65.8 cm³/mol. The number of benzene rings is 1. The van der Waals surface area contributed by atoms with Crippen molar-refractivity contribution in [3.63, 3.8) is 0 Å².